The van der Waals surface area contributed by atoms with E-state index in [0.29, 0.717) is 12.3 Å². The van der Waals surface area contributed by atoms with Crippen LogP contribution in [0.3, 0.4) is 0 Å². The van der Waals surface area contributed by atoms with E-state index in [-0.39, 0.29) is 5.69 Å². The normalized spacial score (nSPS) is 10.2. The lowest BCUT2D eigenvalue weighted by Crippen LogP contribution is -2.01. The summed E-state index contributed by atoms with van der Waals surface area (Å²) < 4.78 is 6.67. The third-order valence-corrected chi connectivity index (χ3v) is 2.50. The smallest absolute Gasteiger partial charge is 0.276 e. The first kappa shape index (κ1) is 11.7. The van der Waals surface area contributed by atoms with Gasteiger partial charge in [0.05, 0.1) is 19.9 Å². The first-order valence-electron chi connectivity index (χ1n) is 5.06. The maximum Gasteiger partial charge on any atom is 0.276 e. The summed E-state index contributed by atoms with van der Waals surface area (Å²) in [6, 6.07) is 9.81. The summed E-state index contributed by atoms with van der Waals surface area (Å²) in [7, 11) is 1.48. The van der Waals surface area contributed by atoms with Gasteiger partial charge in [0.2, 0.25) is 0 Å². The van der Waals surface area contributed by atoms with Crippen molar-refractivity contribution in [2.24, 2.45) is 0 Å². The van der Waals surface area contributed by atoms with Gasteiger partial charge in [-0.25, -0.2) is 0 Å². The highest BCUT2D eigenvalue weighted by Crippen LogP contribution is 2.18. The number of ether oxygens (including phenoxy) is 1. The van der Waals surface area contributed by atoms with E-state index in [1.807, 2.05) is 30.3 Å². The third-order valence-electron chi connectivity index (χ3n) is 2.32. The molecule has 17 heavy (non-hydrogen) atoms. The molecule has 0 amide bonds. The van der Waals surface area contributed by atoms with Crippen LogP contribution < -0.4 is 4.74 Å². The molecule has 0 aliphatic rings. The van der Waals surface area contributed by atoms with Crippen molar-refractivity contribution in [2.45, 2.75) is 6.54 Å². The van der Waals surface area contributed by atoms with Crippen molar-refractivity contribution >= 4 is 16.8 Å². The van der Waals surface area contributed by atoms with Gasteiger partial charge in [0.15, 0.2) is 11.4 Å². The van der Waals surface area contributed by atoms with Crippen molar-refractivity contribution in [3.8, 4) is 5.75 Å². The van der Waals surface area contributed by atoms with E-state index in [1.165, 1.54) is 7.11 Å². The van der Waals surface area contributed by atoms with Crippen LogP contribution in [0, 0.1) is 0 Å². The van der Waals surface area contributed by atoms with Crippen molar-refractivity contribution in [2.75, 3.05) is 7.11 Å². The minimum atomic E-state index is -0.617. The first-order chi connectivity index (χ1) is 8.20. The maximum atomic E-state index is 11.1. The standard InChI is InChI=1S/C12H11ClN2O2/c1-17-10-8-15(14-11(10)12(13)16)7-9-5-3-2-4-6-9/h2-6,8H,7H2,1H3. The maximum absolute atomic E-state index is 11.1. The molecule has 88 valence electrons. The highest BCUT2D eigenvalue weighted by molar-refractivity contribution is 6.67. The Bertz CT molecular complexity index is 523. The van der Waals surface area contributed by atoms with Crippen LogP contribution in [-0.4, -0.2) is 22.1 Å². The second-order valence-electron chi connectivity index (χ2n) is 3.50. The second-order valence-corrected chi connectivity index (χ2v) is 3.85. The molecule has 0 aliphatic carbocycles. The molecule has 0 saturated heterocycles. The molecule has 0 saturated carbocycles. The Hall–Kier alpha value is -1.81. The van der Waals surface area contributed by atoms with Crippen LogP contribution in [0.1, 0.15) is 16.1 Å². The van der Waals surface area contributed by atoms with Gasteiger partial charge >= 0.3 is 0 Å². The molecule has 4 nitrogen and oxygen atoms in total. The van der Waals surface area contributed by atoms with E-state index in [1.54, 1.807) is 10.9 Å². The summed E-state index contributed by atoms with van der Waals surface area (Å²) in [6.07, 6.45) is 1.66. The monoisotopic (exact) mass is 250 g/mol. The lowest BCUT2D eigenvalue weighted by molar-refractivity contribution is 0.107. The molecule has 0 unspecified atom stereocenters. The predicted octanol–water partition coefficient (Wildman–Crippen LogP) is 2.32. The predicted molar refractivity (Wildman–Crippen MR) is 64.5 cm³/mol. The Morgan fingerprint density at radius 3 is 2.65 bits per heavy atom. The van der Waals surface area contributed by atoms with Crippen LogP contribution in [0.5, 0.6) is 5.75 Å². The van der Waals surface area contributed by atoms with Crippen LogP contribution in [0.15, 0.2) is 36.5 Å². The number of nitrogens with zero attached hydrogens (tertiary/aromatic N) is 2. The highest BCUT2D eigenvalue weighted by Gasteiger charge is 2.15. The number of hydrogen-bond donors (Lipinski definition) is 0. The molecule has 0 aliphatic heterocycles. The van der Waals surface area contributed by atoms with Gasteiger partial charge < -0.3 is 4.74 Å². The van der Waals surface area contributed by atoms with Crippen molar-refractivity contribution in [1.82, 2.24) is 9.78 Å². The number of carbonyl (C=O) groups is 1. The number of hydrogen-bond acceptors (Lipinski definition) is 3. The Kier molecular flexibility index (Phi) is 3.44. The largest absolute Gasteiger partial charge is 0.493 e. The van der Waals surface area contributed by atoms with E-state index < -0.39 is 5.24 Å². The van der Waals surface area contributed by atoms with Crippen LogP contribution in [0.2, 0.25) is 0 Å². The average molecular weight is 251 g/mol. The van der Waals surface area contributed by atoms with E-state index in [4.69, 9.17) is 16.3 Å². The molecular formula is C12H11ClN2O2. The highest BCUT2D eigenvalue weighted by atomic mass is 35.5. The molecular weight excluding hydrogens is 240 g/mol. The first-order valence-corrected chi connectivity index (χ1v) is 5.43. The van der Waals surface area contributed by atoms with Crippen molar-refractivity contribution < 1.29 is 9.53 Å². The Morgan fingerprint density at radius 1 is 1.41 bits per heavy atom. The van der Waals surface area contributed by atoms with Gasteiger partial charge in [-0.05, 0) is 17.2 Å². The number of aromatic nitrogens is 2. The van der Waals surface area contributed by atoms with Gasteiger partial charge in [0.25, 0.3) is 5.24 Å². The quantitative estimate of drug-likeness (QED) is 0.783. The summed E-state index contributed by atoms with van der Waals surface area (Å²) in [5.41, 5.74) is 1.23. The fourth-order valence-electron chi connectivity index (χ4n) is 1.54. The molecule has 2 aromatic rings. The minimum absolute atomic E-state index is 0.144. The summed E-state index contributed by atoms with van der Waals surface area (Å²) >= 11 is 5.41. The lowest BCUT2D eigenvalue weighted by atomic mass is 10.2. The molecule has 0 N–H and O–H groups in total. The summed E-state index contributed by atoms with van der Waals surface area (Å²) in [5.74, 6) is 0.390. The zero-order valence-corrected chi connectivity index (χ0v) is 10.0. The van der Waals surface area contributed by atoms with Gasteiger partial charge in [-0.1, -0.05) is 30.3 Å². The Labute approximate surface area is 104 Å². The number of rotatable bonds is 4. The molecule has 1 aromatic carbocycles. The number of methoxy groups -OCH3 is 1. The van der Waals surface area contributed by atoms with Gasteiger partial charge in [0.1, 0.15) is 0 Å². The van der Waals surface area contributed by atoms with Crippen molar-refractivity contribution in [3.05, 3.63) is 47.8 Å². The minimum Gasteiger partial charge on any atom is -0.493 e. The number of carbonyl (C=O) groups excluding carboxylic acids is 1. The zero-order chi connectivity index (χ0) is 12.3. The van der Waals surface area contributed by atoms with E-state index in [9.17, 15) is 4.79 Å². The van der Waals surface area contributed by atoms with Crippen molar-refractivity contribution in [1.29, 1.82) is 0 Å². The van der Waals surface area contributed by atoms with Gasteiger partial charge in [0, 0.05) is 0 Å². The fourth-order valence-corrected chi connectivity index (χ4v) is 1.67. The van der Waals surface area contributed by atoms with E-state index in [2.05, 4.69) is 5.10 Å². The molecule has 5 heteroatoms. The molecule has 0 radical (unpaired) electrons. The zero-order valence-electron chi connectivity index (χ0n) is 9.26. The lowest BCUT2D eigenvalue weighted by Gasteiger charge is -2.00. The Morgan fingerprint density at radius 2 is 2.12 bits per heavy atom. The van der Waals surface area contributed by atoms with Crippen LogP contribution >= 0.6 is 11.6 Å². The topological polar surface area (TPSA) is 44.1 Å². The average Bonchev–Trinajstić information content (AvgIpc) is 2.73. The molecule has 2 rings (SSSR count). The van der Waals surface area contributed by atoms with Gasteiger partial charge in [-0.15, -0.1) is 0 Å². The van der Waals surface area contributed by atoms with Crippen LogP contribution in [-0.2, 0) is 6.54 Å². The molecule has 1 heterocycles. The second kappa shape index (κ2) is 5.01. The fraction of sp³-hybridized carbons (Fsp3) is 0.167. The molecule has 0 spiro atoms. The summed E-state index contributed by atoms with van der Waals surface area (Å²) in [4.78, 5) is 11.1. The summed E-state index contributed by atoms with van der Waals surface area (Å²) in [5, 5.41) is 3.47. The van der Waals surface area contributed by atoms with Crippen molar-refractivity contribution in [3.63, 3.8) is 0 Å². The molecule has 0 atom stereocenters. The van der Waals surface area contributed by atoms with E-state index >= 15 is 0 Å². The molecule has 0 bridgehead atoms. The Balaban J connectivity index is 2.26. The third kappa shape index (κ3) is 2.65. The SMILES string of the molecule is COc1cn(Cc2ccccc2)nc1C(=O)Cl. The molecule has 0 fully saturated rings. The van der Waals surface area contributed by atoms with Crippen LogP contribution in [0.25, 0.3) is 0 Å². The van der Waals surface area contributed by atoms with Gasteiger partial charge in [-0.2, -0.15) is 5.10 Å². The van der Waals surface area contributed by atoms with Crippen LogP contribution in [0.4, 0.5) is 0 Å². The molecule has 1 aromatic heterocycles. The van der Waals surface area contributed by atoms with E-state index in [0.717, 1.165) is 5.56 Å². The van der Waals surface area contributed by atoms with Gasteiger partial charge in [-0.3, -0.25) is 9.48 Å². The number of halogens is 1. The number of benzene rings is 1. The summed E-state index contributed by atoms with van der Waals surface area (Å²) in [6.45, 7) is 0.571.